The fourth-order valence-electron chi connectivity index (χ4n) is 3.84. The number of nitrogens with zero attached hydrogens (tertiary/aromatic N) is 1. The predicted molar refractivity (Wildman–Crippen MR) is 87.0 cm³/mol. The van der Waals surface area contributed by atoms with Crippen LogP contribution in [0.25, 0.3) is 0 Å². The Hall–Kier alpha value is -0.120. The molecule has 0 aliphatic heterocycles. The number of rotatable bonds is 7. The summed E-state index contributed by atoms with van der Waals surface area (Å²) in [4.78, 5) is 2.32. The van der Waals surface area contributed by atoms with E-state index in [0.717, 1.165) is 25.6 Å². The summed E-state index contributed by atoms with van der Waals surface area (Å²) in [6, 6.07) is 0.545. The number of hydrogen-bond acceptors (Lipinski definition) is 3. The number of aliphatic hydroxyl groups is 1. The molecule has 1 rings (SSSR count). The molecule has 2 unspecified atom stereocenters. The summed E-state index contributed by atoms with van der Waals surface area (Å²) in [5.74, 6) is 0.827. The Morgan fingerprint density at radius 2 is 2.05 bits per heavy atom. The highest BCUT2D eigenvalue weighted by Gasteiger charge is 2.36. The second-order valence-corrected chi connectivity index (χ2v) is 8.22. The Bertz CT molecular complexity index is 285. The van der Waals surface area contributed by atoms with E-state index in [1.165, 1.54) is 25.7 Å². The van der Waals surface area contributed by atoms with Gasteiger partial charge in [-0.2, -0.15) is 0 Å². The fraction of sp³-hybridized carbons (Fsp3) is 1.00. The van der Waals surface area contributed by atoms with E-state index >= 15 is 0 Å². The number of hydrogen-bond donors (Lipinski definition) is 2. The van der Waals surface area contributed by atoms with Crippen LogP contribution in [0.3, 0.4) is 0 Å². The lowest BCUT2D eigenvalue weighted by Gasteiger charge is -2.44. The van der Waals surface area contributed by atoms with Gasteiger partial charge >= 0.3 is 0 Å². The smallest absolute Gasteiger partial charge is 0.0718 e. The maximum atomic E-state index is 10.0. The maximum absolute atomic E-state index is 10.0. The molecule has 2 atom stereocenters. The van der Waals surface area contributed by atoms with E-state index in [0.29, 0.717) is 11.5 Å². The van der Waals surface area contributed by atoms with Gasteiger partial charge in [-0.3, -0.25) is 0 Å². The Morgan fingerprint density at radius 3 is 2.55 bits per heavy atom. The Kier molecular flexibility index (Phi) is 6.49. The SMILES string of the molecule is CC1CCCC(CNC(C)C)(CN(C)CC(C)(C)O)C1. The van der Waals surface area contributed by atoms with Crippen LogP contribution in [0.5, 0.6) is 0 Å². The first-order valence-corrected chi connectivity index (χ1v) is 8.26. The summed E-state index contributed by atoms with van der Waals surface area (Å²) < 4.78 is 0. The topological polar surface area (TPSA) is 35.5 Å². The monoisotopic (exact) mass is 284 g/mol. The van der Waals surface area contributed by atoms with Gasteiger partial charge in [0.1, 0.15) is 0 Å². The van der Waals surface area contributed by atoms with Gasteiger partial charge in [-0.25, -0.2) is 0 Å². The van der Waals surface area contributed by atoms with Crippen molar-refractivity contribution >= 4 is 0 Å². The molecule has 0 spiro atoms. The highest BCUT2D eigenvalue weighted by Crippen LogP contribution is 2.39. The van der Waals surface area contributed by atoms with Crippen molar-refractivity contribution in [3.63, 3.8) is 0 Å². The van der Waals surface area contributed by atoms with Crippen molar-refractivity contribution in [1.82, 2.24) is 10.2 Å². The van der Waals surface area contributed by atoms with Crippen molar-refractivity contribution < 1.29 is 5.11 Å². The molecule has 120 valence electrons. The molecular weight excluding hydrogens is 248 g/mol. The summed E-state index contributed by atoms with van der Waals surface area (Å²) in [6.45, 7) is 13.6. The molecule has 0 amide bonds. The van der Waals surface area contributed by atoms with E-state index in [-0.39, 0.29) is 0 Å². The minimum Gasteiger partial charge on any atom is -0.389 e. The van der Waals surface area contributed by atoms with Crippen LogP contribution >= 0.6 is 0 Å². The normalized spacial score (nSPS) is 28.4. The van der Waals surface area contributed by atoms with Crippen LogP contribution in [0.4, 0.5) is 0 Å². The van der Waals surface area contributed by atoms with E-state index in [9.17, 15) is 5.11 Å². The molecule has 3 heteroatoms. The van der Waals surface area contributed by atoms with Crippen LogP contribution < -0.4 is 5.32 Å². The number of likely N-dealkylation sites (N-methyl/N-ethyl adjacent to an activating group) is 1. The lowest BCUT2D eigenvalue weighted by atomic mass is 9.69. The zero-order chi connectivity index (χ0) is 15.4. The first-order chi connectivity index (χ1) is 9.12. The lowest BCUT2D eigenvalue weighted by Crippen LogP contribution is -2.49. The molecule has 0 radical (unpaired) electrons. The molecule has 0 bridgehead atoms. The summed E-state index contributed by atoms with van der Waals surface area (Å²) in [5.41, 5.74) is -0.233. The van der Waals surface area contributed by atoms with Gasteiger partial charge < -0.3 is 15.3 Å². The second-order valence-electron chi connectivity index (χ2n) is 8.22. The van der Waals surface area contributed by atoms with Crippen LogP contribution in [-0.4, -0.2) is 48.3 Å². The molecule has 0 aromatic heterocycles. The number of nitrogens with one attached hydrogen (secondary N) is 1. The second kappa shape index (κ2) is 7.24. The molecule has 0 heterocycles. The van der Waals surface area contributed by atoms with Crippen molar-refractivity contribution in [3.8, 4) is 0 Å². The van der Waals surface area contributed by atoms with Crippen LogP contribution in [0.2, 0.25) is 0 Å². The molecule has 1 aliphatic rings. The van der Waals surface area contributed by atoms with Gasteiger partial charge in [-0.15, -0.1) is 0 Å². The summed E-state index contributed by atoms with van der Waals surface area (Å²) in [6.07, 6.45) is 5.34. The third-order valence-corrected chi connectivity index (χ3v) is 4.33. The van der Waals surface area contributed by atoms with Crippen LogP contribution in [0.1, 0.15) is 60.3 Å². The van der Waals surface area contributed by atoms with E-state index in [2.05, 4.69) is 38.0 Å². The van der Waals surface area contributed by atoms with Gasteiger partial charge in [0.25, 0.3) is 0 Å². The minimum absolute atomic E-state index is 0.377. The van der Waals surface area contributed by atoms with E-state index in [4.69, 9.17) is 0 Å². The van der Waals surface area contributed by atoms with Crippen molar-refractivity contribution in [2.45, 2.75) is 71.9 Å². The highest BCUT2D eigenvalue weighted by atomic mass is 16.3. The molecule has 2 N–H and O–H groups in total. The van der Waals surface area contributed by atoms with Crippen LogP contribution in [0.15, 0.2) is 0 Å². The zero-order valence-corrected chi connectivity index (χ0v) is 14.5. The van der Waals surface area contributed by atoms with Crippen molar-refractivity contribution in [3.05, 3.63) is 0 Å². The molecule has 1 fully saturated rings. The van der Waals surface area contributed by atoms with E-state index < -0.39 is 5.60 Å². The standard InChI is InChI=1S/C17H36N2O/c1-14(2)18-11-17(9-7-8-15(3)10-17)13-19(6)12-16(4,5)20/h14-15,18,20H,7-13H2,1-6H3. The van der Waals surface area contributed by atoms with E-state index in [1.54, 1.807) is 0 Å². The van der Waals surface area contributed by atoms with Crippen LogP contribution in [-0.2, 0) is 0 Å². The average molecular weight is 284 g/mol. The van der Waals surface area contributed by atoms with Gasteiger partial charge in [0.15, 0.2) is 0 Å². The third kappa shape index (κ3) is 6.55. The van der Waals surface area contributed by atoms with Crippen molar-refractivity contribution in [2.75, 3.05) is 26.7 Å². The summed E-state index contributed by atoms with van der Waals surface area (Å²) in [7, 11) is 2.15. The largest absolute Gasteiger partial charge is 0.389 e. The fourth-order valence-corrected chi connectivity index (χ4v) is 3.84. The zero-order valence-electron chi connectivity index (χ0n) is 14.5. The van der Waals surface area contributed by atoms with Gasteiger partial charge in [-0.05, 0) is 45.1 Å². The molecule has 0 aromatic rings. The van der Waals surface area contributed by atoms with Crippen molar-refractivity contribution in [1.29, 1.82) is 0 Å². The van der Waals surface area contributed by atoms with Gasteiger partial charge in [0.2, 0.25) is 0 Å². The lowest BCUT2D eigenvalue weighted by molar-refractivity contribution is 0.0178. The first kappa shape index (κ1) is 17.9. The Morgan fingerprint density at radius 1 is 1.40 bits per heavy atom. The first-order valence-electron chi connectivity index (χ1n) is 8.26. The predicted octanol–water partition coefficient (Wildman–Crippen LogP) is 2.88. The van der Waals surface area contributed by atoms with E-state index in [1.807, 2.05) is 13.8 Å². The Balaban J connectivity index is 2.66. The molecular formula is C17H36N2O. The molecule has 1 saturated carbocycles. The summed E-state index contributed by atoms with van der Waals surface area (Å²) in [5, 5.41) is 13.7. The molecule has 0 aromatic carbocycles. The van der Waals surface area contributed by atoms with Gasteiger partial charge in [-0.1, -0.05) is 33.6 Å². The minimum atomic E-state index is -0.609. The van der Waals surface area contributed by atoms with Crippen LogP contribution in [0, 0.1) is 11.3 Å². The third-order valence-electron chi connectivity index (χ3n) is 4.33. The van der Waals surface area contributed by atoms with Gasteiger partial charge in [0, 0.05) is 25.7 Å². The summed E-state index contributed by atoms with van der Waals surface area (Å²) >= 11 is 0. The molecule has 1 aliphatic carbocycles. The van der Waals surface area contributed by atoms with Crippen molar-refractivity contribution in [2.24, 2.45) is 11.3 Å². The van der Waals surface area contributed by atoms with Gasteiger partial charge in [0.05, 0.1) is 5.60 Å². The molecule has 3 nitrogen and oxygen atoms in total. The Labute approximate surface area is 126 Å². The molecule has 0 saturated heterocycles. The quantitative estimate of drug-likeness (QED) is 0.754. The average Bonchev–Trinajstić information content (AvgIpc) is 2.23. The maximum Gasteiger partial charge on any atom is 0.0718 e. The molecule has 20 heavy (non-hydrogen) atoms. The highest BCUT2D eigenvalue weighted by molar-refractivity contribution is 4.90.